The smallest absolute Gasteiger partial charge is 0.101 e. The van der Waals surface area contributed by atoms with Gasteiger partial charge in [0.2, 0.25) is 0 Å². The minimum Gasteiger partial charge on any atom is -0.192 e. The van der Waals surface area contributed by atoms with Crippen molar-refractivity contribution in [2.45, 2.75) is 0 Å². The summed E-state index contributed by atoms with van der Waals surface area (Å²) >= 11 is 1.72. The van der Waals surface area contributed by atoms with E-state index in [1.54, 1.807) is 11.3 Å². The Balaban J connectivity index is 1.41. The summed E-state index contributed by atoms with van der Waals surface area (Å²) in [6, 6.07) is 62.2. The summed E-state index contributed by atoms with van der Waals surface area (Å²) in [5.74, 6) is 0. The third kappa shape index (κ3) is 3.96. The molecular formula is C49H27NS. The van der Waals surface area contributed by atoms with E-state index < -0.39 is 0 Å². The molecule has 1 heterocycles. The molecule has 1 aliphatic carbocycles. The number of nitriles is 1. The molecule has 0 spiro atoms. The third-order valence-electron chi connectivity index (χ3n) is 10.8. The summed E-state index contributed by atoms with van der Waals surface area (Å²) in [6.45, 7) is 0. The van der Waals surface area contributed by atoms with Crippen molar-refractivity contribution >= 4 is 63.8 Å². The molecule has 2 heteroatoms. The van der Waals surface area contributed by atoms with Crippen molar-refractivity contribution in [2.75, 3.05) is 0 Å². The Morgan fingerprint density at radius 1 is 0.373 bits per heavy atom. The van der Waals surface area contributed by atoms with Gasteiger partial charge in [-0.3, -0.25) is 0 Å². The van der Waals surface area contributed by atoms with E-state index in [-0.39, 0.29) is 0 Å². The molecule has 0 saturated heterocycles. The summed E-state index contributed by atoms with van der Waals surface area (Å²) in [5.41, 5.74) is 13.0. The Kier molecular flexibility index (Phi) is 5.96. The zero-order valence-electron chi connectivity index (χ0n) is 27.4. The molecule has 1 aliphatic rings. The Morgan fingerprint density at radius 2 is 0.902 bits per heavy atom. The minimum atomic E-state index is 0.717. The lowest BCUT2D eigenvalue weighted by Gasteiger charge is -2.23. The molecular weight excluding hydrogens is 635 g/mol. The molecule has 0 saturated carbocycles. The molecule has 0 fully saturated rings. The van der Waals surface area contributed by atoms with Crippen LogP contribution in [-0.2, 0) is 0 Å². The molecule has 0 N–H and O–H groups in total. The second kappa shape index (κ2) is 10.7. The first-order valence-corrected chi connectivity index (χ1v) is 18.1. The van der Waals surface area contributed by atoms with E-state index in [1.165, 1.54) is 92.5 Å². The number of nitrogens with zero attached hydrogens (tertiary/aromatic N) is 1. The number of fused-ring (bicyclic) bond motifs is 8. The van der Waals surface area contributed by atoms with Gasteiger partial charge in [0.25, 0.3) is 0 Å². The number of hydrogen-bond donors (Lipinski definition) is 0. The molecule has 51 heavy (non-hydrogen) atoms. The summed E-state index contributed by atoms with van der Waals surface area (Å²) in [7, 11) is 0. The monoisotopic (exact) mass is 661 g/mol. The van der Waals surface area contributed by atoms with E-state index in [9.17, 15) is 5.26 Å². The van der Waals surface area contributed by atoms with Gasteiger partial charge in [0, 0.05) is 15.5 Å². The van der Waals surface area contributed by atoms with Gasteiger partial charge in [-0.15, -0.1) is 11.3 Å². The lowest BCUT2D eigenvalue weighted by Crippen LogP contribution is -1.96. The summed E-state index contributed by atoms with van der Waals surface area (Å²) < 4.78 is 2.23. The topological polar surface area (TPSA) is 23.8 Å². The van der Waals surface area contributed by atoms with Crippen LogP contribution in [0.1, 0.15) is 5.56 Å². The molecule has 0 amide bonds. The van der Waals surface area contributed by atoms with Gasteiger partial charge in [-0.05, 0) is 106 Å². The maximum Gasteiger partial charge on any atom is 0.101 e. The number of hydrogen-bond acceptors (Lipinski definition) is 2. The summed E-state index contributed by atoms with van der Waals surface area (Å²) in [6.07, 6.45) is 0. The lowest BCUT2D eigenvalue weighted by molar-refractivity contribution is 1.51. The molecule has 0 aliphatic heterocycles. The van der Waals surface area contributed by atoms with Crippen LogP contribution in [-0.4, -0.2) is 0 Å². The zero-order chi connectivity index (χ0) is 33.6. The van der Waals surface area contributed by atoms with E-state index in [4.69, 9.17) is 0 Å². The Morgan fingerprint density at radius 3 is 1.63 bits per heavy atom. The molecule has 1 nitrogen and oxygen atoms in total. The predicted molar refractivity (Wildman–Crippen MR) is 217 cm³/mol. The van der Waals surface area contributed by atoms with Crippen LogP contribution in [0.25, 0.3) is 108 Å². The van der Waals surface area contributed by atoms with E-state index in [1.807, 2.05) is 6.07 Å². The van der Waals surface area contributed by atoms with Crippen molar-refractivity contribution in [3.63, 3.8) is 0 Å². The highest BCUT2D eigenvalue weighted by Gasteiger charge is 2.32. The highest BCUT2D eigenvalue weighted by molar-refractivity contribution is 7.26. The van der Waals surface area contributed by atoms with Crippen LogP contribution in [0.15, 0.2) is 164 Å². The molecule has 0 bridgehead atoms. The van der Waals surface area contributed by atoms with Crippen LogP contribution in [0.4, 0.5) is 0 Å². The normalized spacial score (nSPS) is 11.9. The Hall–Kier alpha value is -6.53. The van der Waals surface area contributed by atoms with Gasteiger partial charge in [-0.25, -0.2) is 0 Å². The molecule has 11 rings (SSSR count). The summed E-state index contributed by atoms with van der Waals surface area (Å²) in [4.78, 5) is 0. The van der Waals surface area contributed by atoms with E-state index in [0.717, 1.165) is 15.6 Å². The second-order valence-electron chi connectivity index (χ2n) is 13.4. The van der Waals surface area contributed by atoms with Crippen molar-refractivity contribution in [3.05, 3.63) is 169 Å². The van der Waals surface area contributed by atoms with Gasteiger partial charge >= 0.3 is 0 Å². The number of thiophene rings is 1. The van der Waals surface area contributed by atoms with Crippen LogP contribution in [0.2, 0.25) is 0 Å². The molecule has 0 radical (unpaired) electrons. The van der Waals surface area contributed by atoms with E-state index in [2.05, 4.69) is 164 Å². The van der Waals surface area contributed by atoms with E-state index in [0.29, 0.717) is 5.56 Å². The highest BCUT2D eigenvalue weighted by atomic mass is 32.1. The third-order valence-corrected chi connectivity index (χ3v) is 12.1. The first kappa shape index (κ1) is 28.3. The van der Waals surface area contributed by atoms with Crippen molar-refractivity contribution < 1.29 is 0 Å². The standard InChI is InChI=1S/C49H27NS/c50-28-32-25-26-37(47-38-19-5-6-24-43(38)51-49(32)47)42-27-41(35-20-7-13-29-11-1-3-17-33(29)35)46-39-22-9-15-31-16-10-23-40(44(31)39)48(46)45(42)36-21-8-14-30-12-2-4-18-34(30)36/h1-27H. The second-order valence-corrected chi connectivity index (χ2v) is 14.5. The lowest BCUT2D eigenvalue weighted by atomic mass is 9.80. The number of rotatable bonds is 3. The van der Waals surface area contributed by atoms with Gasteiger partial charge in [0.1, 0.15) is 6.07 Å². The van der Waals surface area contributed by atoms with Gasteiger partial charge < -0.3 is 0 Å². The fourth-order valence-electron chi connectivity index (χ4n) is 8.74. The van der Waals surface area contributed by atoms with Gasteiger partial charge in [-0.1, -0.05) is 146 Å². The van der Waals surface area contributed by atoms with Crippen LogP contribution in [0.3, 0.4) is 0 Å². The first-order chi connectivity index (χ1) is 25.3. The SMILES string of the molecule is N#Cc1ccc(-c2cc(-c3cccc4ccccc34)c3c(c2-c2cccc4ccccc24)-c2cccc4cccc-3c24)c2c1sc1ccccc12. The van der Waals surface area contributed by atoms with Gasteiger partial charge in [0.05, 0.1) is 10.3 Å². The van der Waals surface area contributed by atoms with Crippen LogP contribution < -0.4 is 0 Å². The molecule has 0 unspecified atom stereocenters. The quantitative estimate of drug-likeness (QED) is 0.185. The van der Waals surface area contributed by atoms with Gasteiger partial charge in [0.15, 0.2) is 0 Å². The average Bonchev–Trinajstić information content (AvgIpc) is 3.75. The predicted octanol–water partition coefficient (Wildman–Crippen LogP) is 14.0. The highest BCUT2D eigenvalue weighted by Crippen LogP contribution is 2.59. The average molecular weight is 662 g/mol. The fraction of sp³-hybridized carbons (Fsp3) is 0. The largest absolute Gasteiger partial charge is 0.192 e. The first-order valence-electron chi connectivity index (χ1n) is 17.3. The van der Waals surface area contributed by atoms with Gasteiger partial charge in [-0.2, -0.15) is 5.26 Å². The zero-order valence-corrected chi connectivity index (χ0v) is 28.3. The van der Waals surface area contributed by atoms with Crippen molar-refractivity contribution in [1.29, 1.82) is 5.26 Å². The maximum atomic E-state index is 10.3. The van der Waals surface area contributed by atoms with E-state index >= 15 is 0 Å². The van der Waals surface area contributed by atoms with Crippen LogP contribution >= 0.6 is 11.3 Å². The molecule has 10 aromatic rings. The minimum absolute atomic E-state index is 0.717. The van der Waals surface area contributed by atoms with Crippen LogP contribution in [0.5, 0.6) is 0 Å². The van der Waals surface area contributed by atoms with Crippen molar-refractivity contribution in [3.8, 4) is 61.7 Å². The fourth-order valence-corrected chi connectivity index (χ4v) is 9.93. The Bertz CT molecular complexity index is 3140. The molecule has 1 aromatic heterocycles. The van der Waals surface area contributed by atoms with Crippen molar-refractivity contribution in [2.24, 2.45) is 0 Å². The maximum absolute atomic E-state index is 10.3. The molecule has 9 aromatic carbocycles. The summed E-state index contributed by atoms with van der Waals surface area (Å²) in [5, 5.41) is 20.1. The Labute approximate surface area is 298 Å². The molecule has 0 atom stereocenters. The number of benzene rings is 9. The van der Waals surface area contributed by atoms with Crippen LogP contribution in [0, 0.1) is 11.3 Å². The van der Waals surface area contributed by atoms with Crippen molar-refractivity contribution in [1.82, 2.24) is 0 Å². The molecule has 234 valence electrons.